The molecule has 2 aliphatic heterocycles. The van der Waals surface area contributed by atoms with Gasteiger partial charge in [-0.25, -0.2) is 17.6 Å². The Kier molecular flexibility index (Phi) is 6.43. The third kappa shape index (κ3) is 4.67. The molecule has 1 aliphatic carbocycles. The minimum absolute atomic E-state index is 0.0457. The molecule has 2 heterocycles. The molecule has 8 heteroatoms. The fourth-order valence-electron chi connectivity index (χ4n) is 3.70. The van der Waals surface area contributed by atoms with E-state index in [1.54, 1.807) is 18.2 Å². The third-order valence-corrected chi connectivity index (χ3v) is 5.30. The zero-order chi connectivity index (χ0) is 22.0. The highest BCUT2D eigenvalue weighted by Crippen LogP contribution is 2.57. The van der Waals surface area contributed by atoms with Gasteiger partial charge in [0.15, 0.2) is 12.6 Å². The maximum atomic E-state index is 13.7. The predicted octanol–water partition coefficient (Wildman–Crippen LogP) is 5.51. The third-order valence-electron chi connectivity index (χ3n) is 5.30. The summed E-state index contributed by atoms with van der Waals surface area (Å²) in [5.41, 5.74) is 1.60. The van der Waals surface area contributed by atoms with Crippen LogP contribution in [0, 0.1) is 11.6 Å². The molecule has 3 aliphatic rings. The summed E-state index contributed by atoms with van der Waals surface area (Å²) < 4.78 is 74.3. The number of benzene rings is 2. The second-order valence-electron chi connectivity index (χ2n) is 7.35. The first-order chi connectivity index (χ1) is 14.9. The second kappa shape index (κ2) is 9.08. The largest absolute Gasteiger partial charge is 0.346 e. The highest BCUT2D eigenvalue weighted by molar-refractivity contribution is 5.53. The number of halogens is 4. The van der Waals surface area contributed by atoms with Crippen molar-refractivity contribution in [3.05, 3.63) is 76.9 Å². The average Bonchev–Trinajstić information content (AvgIpc) is 3.23. The topological polar surface area (TPSA) is 36.9 Å². The fourth-order valence-corrected chi connectivity index (χ4v) is 3.70. The molecule has 3 fully saturated rings. The Morgan fingerprint density at radius 3 is 1.81 bits per heavy atom. The molecule has 2 aromatic rings. The van der Waals surface area contributed by atoms with Gasteiger partial charge in [-0.1, -0.05) is 36.9 Å². The van der Waals surface area contributed by atoms with Crippen LogP contribution in [0.25, 0.3) is 6.08 Å². The molecular weight excluding hydrogens is 416 g/mol. The van der Waals surface area contributed by atoms with Gasteiger partial charge in [-0.2, -0.15) is 0 Å². The van der Waals surface area contributed by atoms with E-state index in [9.17, 15) is 17.6 Å². The van der Waals surface area contributed by atoms with Crippen LogP contribution in [0.5, 0.6) is 0 Å². The molecule has 2 saturated heterocycles. The molecular formula is C23H22F4O4. The minimum atomic E-state index is -2.80. The van der Waals surface area contributed by atoms with Crippen LogP contribution in [-0.2, 0) is 18.9 Å². The lowest BCUT2D eigenvalue weighted by molar-refractivity contribution is -0.0452. The standard InChI is InChI=1S/C12H11F3O2.C11H11FO2/c13-9-3-1-2-7(11-16-4-5-17-11)10(9)8-6-12(8,14)15;1-2-8-9(4-3-5-10(8)12)11-13-6-7-14-11/h1-3,8,11H,4-6H2;2-5,11H,1,6-7H2. The van der Waals surface area contributed by atoms with Crippen molar-refractivity contribution in [2.45, 2.75) is 30.8 Å². The molecule has 0 radical (unpaired) electrons. The molecule has 0 spiro atoms. The number of hydrogen-bond acceptors (Lipinski definition) is 4. The smallest absolute Gasteiger partial charge is 0.256 e. The first-order valence-electron chi connectivity index (χ1n) is 9.95. The monoisotopic (exact) mass is 438 g/mol. The Balaban J connectivity index is 0.000000152. The van der Waals surface area contributed by atoms with Gasteiger partial charge in [-0.15, -0.1) is 0 Å². The Morgan fingerprint density at radius 1 is 0.806 bits per heavy atom. The molecule has 0 amide bonds. The number of hydrogen-bond donors (Lipinski definition) is 0. The van der Waals surface area contributed by atoms with Gasteiger partial charge in [0.1, 0.15) is 11.6 Å². The lowest BCUT2D eigenvalue weighted by Gasteiger charge is -2.15. The minimum Gasteiger partial charge on any atom is -0.346 e. The van der Waals surface area contributed by atoms with E-state index >= 15 is 0 Å². The van der Waals surface area contributed by atoms with Crippen LogP contribution in [0.15, 0.2) is 43.0 Å². The Hall–Kier alpha value is -2.26. The molecule has 0 bridgehead atoms. The predicted molar refractivity (Wildman–Crippen MR) is 104 cm³/mol. The van der Waals surface area contributed by atoms with Crippen molar-refractivity contribution in [2.75, 3.05) is 26.4 Å². The van der Waals surface area contributed by atoms with Gasteiger partial charge in [0.2, 0.25) is 0 Å². The van der Waals surface area contributed by atoms with Crippen LogP contribution in [0.3, 0.4) is 0 Å². The lowest BCUT2D eigenvalue weighted by Crippen LogP contribution is -2.07. The first-order valence-corrected chi connectivity index (χ1v) is 9.95. The quantitative estimate of drug-likeness (QED) is 0.590. The van der Waals surface area contributed by atoms with E-state index in [0.717, 1.165) is 0 Å². The number of alkyl halides is 2. The summed E-state index contributed by atoms with van der Waals surface area (Å²) >= 11 is 0. The average molecular weight is 438 g/mol. The Labute approximate surface area is 177 Å². The van der Waals surface area contributed by atoms with Gasteiger partial charge >= 0.3 is 0 Å². The van der Waals surface area contributed by atoms with Crippen LogP contribution in [-0.4, -0.2) is 32.4 Å². The van der Waals surface area contributed by atoms with Crippen LogP contribution < -0.4 is 0 Å². The van der Waals surface area contributed by atoms with E-state index in [4.69, 9.17) is 18.9 Å². The van der Waals surface area contributed by atoms with Gasteiger partial charge in [0.05, 0.1) is 32.3 Å². The first kappa shape index (κ1) is 22.0. The van der Waals surface area contributed by atoms with E-state index in [-0.39, 0.29) is 17.8 Å². The maximum absolute atomic E-state index is 13.7. The molecule has 1 saturated carbocycles. The van der Waals surface area contributed by atoms with Crippen molar-refractivity contribution in [3.63, 3.8) is 0 Å². The van der Waals surface area contributed by atoms with Gasteiger partial charge in [0, 0.05) is 28.7 Å². The maximum Gasteiger partial charge on any atom is 0.256 e. The van der Waals surface area contributed by atoms with E-state index in [2.05, 4.69) is 6.58 Å². The van der Waals surface area contributed by atoms with Gasteiger partial charge in [-0.05, 0) is 12.1 Å². The lowest BCUT2D eigenvalue weighted by atomic mass is 10.0. The van der Waals surface area contributed by atoms with Gasteiger partial charge < -0.3 is 18.9 Å². The molecule has 31 heavy (non-hydrogen) atoms. The molecule has 0 aromatic heterocycles. The highest BCUT2D eigenvalue weighted by atomic mass is 19.3. The van der Waals surface area contributed by atoms with Gasteiger partial charge in [-0.3, -0.25) is 0 Å². The van der Waals surface area contributed by atoms with Gasteiger partial charge in [0.25, 0.3) is 5.92 Å². The van der Waals surface area contributed by atoms with Crippen LogP contribution >= 0.6 is 0 Å². The van der Waals surface area contributed by atoms with Crippen LogP contribution in [0.4, 0.5) is 17.6 Å². The molecule has 5 rings (SSSR count). The molecule has 4 nitrogen and oxygen atoms in total. The summed E-state index contributed by atoms with van der Waals surface area (Å²) in [5, 5.41) is 0. The van der Waals surface area contributed by atoms with E-state index in [1.165, 1.54) is 24.3 Å². The summed E-state index contributed by atoms with van der Waals surface area (Å²) in [7, 11) is 0. The summed E-state index contributed by atoms with van der Waals surface area (Å²) in [4.78, 5) is 0. The molecule has 0 N–H and O–H groups in total. The fraction of sp³-hybridized carbons (Fsp3) is 0.391. The van der Waals surface area contributed by atoms with Crippen molar-refractivity contribution in [2.24, 2.45) is 0 Å². The molecule has 1 atom stereocenters. The molecule has 1 unspecified atom stereocenters. The van der Waals surface area contributed by atoms with Crippen molar-refractivity contribution in [1.29, 1.82) is 0 Å². The zero-order valence-corrected chi connectivity index (χ0v) is 16.7. The van der Waals surface area contributed by atoms with E-state index in [1.807, 2.05) is 0 Å². The summed E-state index contributed by atoms with van der Waals surface area (Å²) in [6, 6.07) is 9.10. The van der Waals surface area contributed by atoms with Crippen molar-refractivity contribution >= 4 is 6.08 Å². The summed E-state index contributed by atoms with van der Waals surface area (Å²) in [6.07, 6.45) is 0.0272. The van der Waals surface area contributed by atoms with Crippen molar-refractivity contribution < 1.29 is 36.5 Å². The van der Waals surface area contributed by atoms with Crippen LogP contribution in [0.1, 0.15) is 47.2 Å². The Bertz CT molecular complexity index is 937. The number of rotatable bonds is 4. The molecule has 2 aromatic carbocycles. The second-order valence-corrected chi connectivity index (χ2v) is 7.35. The summed E-state index contributed by atoms with van der Waals surface area (Å²) in [5.74, 6) is -4.73. The highest BCUT2D eigenvalue weighted by Gasteiger charge is 2.59. The van der Waals surface area contributed by atoms with Crippen LogP contribution in [0.2, 0.25) is 0 Å². The molecule has 166 valence electrons. The number of ether oxygens (including phenoxy) is 4. The SMILES string of the molecule is C=Cc1c(F)cccc1C1OCCO1.Fc1cccc(C2OCCO2)c1C1CC1(F)F. The summed E-state index contributed by atoms with van der Waals surface area (Å²) in [6.45, 7) is 5.49. The van der Waals surface area contributed by atoms with Crippen molar-refractivity contribution in [3.8, 4) is 0 Å². The zero-order valence-electron chi connectivity index (χ0n) is 16.7. The van der Waals surface area contributed by atoms with Crippen molar-refractivity contribution in [1.82, 2.24) is 0 Å². The van der Waals surface area contributed by atoms with E-state index < -0.39 is 30.2 Å². The normalized spacial score (nSPS) is 22.8. The Morgan fingerprint density at radius 2 is 1.29 bits per heavy atom. The van der Waals surface area contributed by atoms with E-state index in [0.29, 0.717) is 43.1 Å².